The van der Waals surface area contributed by atoms with Crippen LogP contribution in [0.5, 0.6) is 0 Å². The van der Waals surface area contributed by atoms with Gasteiger partial charge in [0.05, 0.1) is 6.10 Å². The van der Waals surface area contributed by atoms with Crippen LogP contribution in [0.1, 0.15) is 18.1 Å². The lowest BCUT2D eigenvalue weighted by Gasteiger charge is -2.29. The van der Waals surface area contributed by atoms with Crippen molar-refractivity contribution >= 4 is 11.8 Å². The van der Waals surface area contributed by atoms with E-state index in [0.29, 0.717) is 0 Å². The number of hydrogen-bond donors (Lipinski definition) is 0. The highest BCUT2D eigenvalue weighted by molar-refractivity contribution is 8.00. The van der Waals surface area contributed by atoms with Crippen LogP contribution < -0.4 is 0 Å². The van der Waals surface area contributed by atoms with Crippen LogP contribution in [0.4, 0.5) is 0 Å². The first-order valence-corrected chi connectivity index (χ1v) is 7.23. The summed E-state index contributed by atoms with van der Waals surface area (Å²) in [6.45, 7) is 2.14. The van der Waals surface area contributed by atoms with E-state index >= 15 is 0 Å². The first kappa shape index (κ1) is 11.8. The van der Waals surface area contributed by atoms with Gasteiger partial charge >= 0.3 is 0 Å². The second-order valence-electron chi connectivity index (χ2n) is 4.59. The molecule has 1 aliphatic rings. The Bertz CT molecular complexity index is 470. The Labute approximate surface area is 112 Å². The molecule has 3 rings (SSSR count). The van der Waals surface area contributed by atoms with E-state index in [-0.39, 0.29) is 11.0 Å². The molecule has 1 unspecified atom stereocenters. The predicted octanol–water partition coefficient (Wildman–Crippen LogP) is 4.04. The first-order chi connectivity index (χ1) is 8.81. The molecular weight excluding hydrogens is 240 g/mol. The Morgan fingerprint density at radius 3 is 1.83 bits per heavy atom. The lowest BCUT2D eigenvalue weighted by atomic mass is 10.0. The van der Waals surface area contributed by atoms with Gasteiger partial charge in [-0.2, -0.15) is 0 Å². The van der Waals surface area contributed by atoms with Crippen LogP contribution in [-0.4, -0.2) is 11.9 Å². The predicted molar refractivity (Wildman–Crippen MR) is 76.7 cm³/mol. The van der Waals surface area contributed by atoms with Crippen molar-refractivity contribution in [1.82, 2.24) is 0 Å². The van der Waals surface area contributed by atoms with Gasteiger partial charge < -0.3 is 4.74 Å². The summed E-state index contributed by atoms with van der Waals surface area (Å²) in [6.07, 6.45) is 0.287. The van der Waals surface area contributed by atoms with E-state index in [4.69, 9.17) is 4.74 Å². The van der Waals surface area contributed by atoms with Gasteiger partial charge in [-0.25, -0.2) is 0 Å². The summed E-state index contributed by atoms with van der Waals surface area (Å²) in [5.74, 6) is 1.03. The monoisotopic (exact) mass is 256 g/mol. The van der Waals surface area contributed by atoms with Gasteiger partial charge in [0.1, 0.15) is 0 Å². The minimum Gasteiger partial charge on any atom is -0.352 e. The quantitative estimate of drug-likeness (QED) is 0.802. The van der Waals surface area contributed by atoms with Crippen molar-refractivity contribution < 1.29 is 4.74 Å². The average molecular weight is 256 g/mol. The van der Waals surface area contributed by atoms with E-state index in [1.54, 1.807) is 0 Å². The summed E-state index contributed by atoms with van der Waals surface area (Å²) < 4.78 is 6.28. The molecule has 2 aromatic rings. The van der Waals surface area contributed by atoms with E-state index in [9.17, 15) is 0 Å². The molecule has 1 nitrogen and oxygen atoms in total. The highest BCUT2D eigenvalue weighted by Gasteiger charge is 2.42. The van der Waals surface area contributed by atoms with Crippen LogP contribution >= 0.6 is 11.8 Å². The molecule has 1 saturated heterocycles. The molecule has 2 aromatic carbocycles. The Morgan fingerprint density at radius 2 is 1.44 bits per heavy atom. The van der Waals surface area contributed by atoms with Gasteiger partial charge in [0, 0.05) is 5.75 Å². The number of hydrogen-bond acceptors (Lipinski definition) is 2. The molecule has 0 bridgehead atoms. The molecule has 0 N–H and O–H groups in total. The fraction of sp³-hybridized carbons (Fsp3) is 0.250. The zero-order chi connectivity index (χ0) is 12.4. The maximum atomic E-state index is 6.28. The van der Waals surface area contributed by atoms with E-state index in [0.717, 1.165) is 5.75 Å². The Morgan fingerprint density at radius 1 is 0.944 bits per heavy atom. The maximum absolute atomic E-state index is 6.28. The van der Waals surface area contributed by atoms with E-state index in [2.05, 4.69) is 55.5 Å². The zero-order valence-corrected chi connectivity index (χ0v) is 11.2. The molecule has 0 aliphatic carbocycles. The highest BCUT2D eigenvalue weighted by Crippen LogP contribution is 2.49. The fourth-order valence-corrected chi connectivity index (χ4v) is 3.75. The third-order valence-electron chi connectivity index (χ3n) is 3.20. The number of rotatable bonds is 2. The third-order valence-corrected chi connectivity index (χ3v) is 4.81. The Hall–Kier alpha value is -1.25. The lowest BCUT2D eigenvalue weighted by molar-refractivity contribution is 0.0252. The van der Waals surface area contributed by atoms with Gasteiger partial charge in [0.25, 0.3) is 0 Å². The van der Waals surface area contributed by atoms with Gasteiger partial charge in [-0.3, -0.25) is 0 Å². The summed E-state index contributed by atoms with van der Waals surface area (Å²) in [5.41, 5.74) is 2.45. The van der Waals surface area contributed by atoms with E-state index < -0.39 is 0 Å². The van der Waals surface area contributed by atoms with Crippen LogP contribution in [0.25, 0.3) is 0 Å². The van der Waals surface area contributed by atoms with Gasteiger partial charge in [0.15, 0.2) is 4.93 Å². The number of ether oxygens (including phenoxy) is 1. The molecule has 0 aromatic heterocycles. The standard InChI is InChI=1S/C16H16OS/c1-13-12-18-16(17-13,14-8-4-2-5-9-14)15-10-6-3-7-11-15/h2-11,13H,12H2,1H3. The van der Waals surface area contributed by atoms with Crippen molar-refractivity contribution in [3.8, 4) is 0 Å². The zero-order valence-electron chi connectivity index (χ0n) is 10.4. The fourth-order valence-electron chi connectivity index (χ4n) is 2.37. The van der Waals surface area contributed by atoms with Crippen molar-refractivity contribution in [2.45, 2.75) is 18.0 Å². The van der Waals surface area contributed by atoms with Crippen molar-refractivity contribution in [1.29, 1.82) is 0 Å². The van der Waals surface area contributed by atoms with Crippen molar-refractivity contribution in [3.63, 3.8) is 0 Å². The molecule has 0 spiro atoms. The van der Waals surface area contributed by atoms with Gasteiger partial charge in [-0.15, -0.1) is 11.8 Å². The van der Waals surface area contributed by atoms with Crippen molar-refractivity contribution in [2.75, 3.05) is 5.75 Å². The Kier molecular flexibility index (Phi) is 3.14. The van der Waals surface area contributed by atoms with Crippen LogP contribution in [0.3, 0.4) is 0 Å². The van der Waals surface area contributed by atoms with E-state index in [1.807, 2.05) is 23.9 Å². The molecular formula is C16H16OS. The summed E-state index contributed by atoms with van der Waals surface area (Å²) in [6, 6.07) is 21.0. The molecule has 1 aliphatic heterocycles. The van der Waals surface area contributed by atoms with Crippen LogP contribution in [0.15, 0.2) is 60.7 Å². The molecule has 0 radical (unpaired) electrons. The van der Waals surface area contributed by atoms with Gasteiger partial charge in [-0.05, 0) is 18.1 Å². The van der Waals surface area contributed by atoms with Crippen LogP contribution in [-0.2, 0) is 9.67 Å². The van der Waals surface area contributed by atoms with Crippen molar-refractivity contribution in [2.24, 2.45) is 0 Å². The smallest absolute Gasteiger partial charge is 0.165 e. The molecule has 2 heteroatoms. The maximum Gasteiger partial charge on any atom is 0.165 e. The van der Waals surface area contributed by atoms with Crippen LogP contribution in [0.2, 0.25) is 0 Å². The largest absolute Gasteiger partial charge is 0.352 e. The number of benzene rings is 2. The van der Waals surface area contributed by atoms with Crippen molar-refractivity contribution in [3.05, 3.63) is 71.8 Å². The summed E-state index contributed by atoms with van der Waals surface area (Å²) in [5, 5.41) is 0. The summed E-state index contributed by atoms with van der Waals surface area (Å²) >= 11 is 1.88. The Balaban J connectivity index is 2.11. The second kappa shape index (κ2) is 4.79. The van der Waals surface area contributed by atoms with Crippen LogP contribution in [0, 0.1) is 0 Å². The topological polar surface area (TPSA) is 9.23 Å². The lowest BCUT2D eigenvalue weighted by Crippen LogP contribution is -2.24. The van der Waals surface area contributed by atoms with Gasteiger partial charge in [-0.1, -0.05) is 60.7 Å². The average Bonchev–Trinajstić information content (AvgIpc) is 2.84. The molecule has 1 fully saturated rings. The minimum atomic E-state index is -0.331. The number of thioether (sulfide) groups is 1. The van der Waals surface area contributed by atoms with E-state index in [1.165, 1.54) is 11.1 Å². The second-order valence-corrected chi connectivity index (χ2v) is 5.79. The SMILES string of the molecule is CC1CSC(c2ccccc2)(c2ccccc2)O1. The summed E-state index contributed by atoms with van der Waals surface area (Å²) in [4.78, 5) is -0.331. The molecule has 0 amide bonds. The highest BCUT2D eigenvalue weighted by atomic mass is 32.2. The molecule has 18 heavy (non-hydrogen) atoms. The molecule has 0 saturated carbocycles. The molecule has 1 atom stereocenters. The minimum absolute atomic E-state index is 0.287. The molecule has 92 valence electrons. The third kappa shape index (κ3) is 1.96. The van der Waals surface area contributed by atoms with Gasteiger partial charge in [0.2, 0.25) is 0 Å². The normalized spacial score (nSPS) is 21.9. The molecule has 1 heterocycles. The summed E-state index contributed by atoms with van der Waals surface area (Å²) in [7, 11) is 0. The first-order valence-electron chi connectivity index (χ1n) is 6.24.